The van der Waals surface area contributed by atoms with Gasteiger partial charge in [-0.25, -0.2) is 0 Å². The van der Waals surface area contributed by atoms with E-state index in [0.717, 1.165) is 13.0 Å². The molecule has 5 heteroatoms. The van der Waals surface area contributed by atoms with Crippen LogP contribution in [0.2, 0.25) is 0 Å². The van der Waals surface area contributed by atoms with Crippen molar-refractivity contribution in [2.24, 2.45) is 11.7 Å². The summed E-state index contributed by atoms with van der Waals surface area (Å²) in [7, 11) is 0. The standard InChI is InChI=1S/C11H19N3O2/c1-7-4-5-14(6-8(7)12)11(16)9-2-3-10(15)13-9/h7-9H,2-6,12H2,1H3,(H,13,15)/t7?,8?,9-/m1/s1. The molecule has 2 fully saturated rings. The molecule has 0 aliphatic carbocycles. The maximum Gasteiger partial charge on any atom is 0.245 e. The number of likely N-dealkylation sites (tertiary alicyclic amines) is 1. The molecule has 90 valence electrons. The lowest BCUT2D eigenvalue weighted by molar-refractivity contribution is -0.135. The van der Waals surface area contributed by atoms with E-state index in [1.165, 1.54) is 0 Å². The fourth-order valence-electron chi connectivity index (χ4n) is 2.32. The molecule has 3 N–H and O–H groups in total. The van der Waals surface area contributed by atoms with Crippen LogP contribution in [-0.2, 0) is 9.59 Å². The summed E-state index contributed by atoms with van der Waals surface area (Å²) in [6.45, 7) is 3.50. The first kappa shape index (κ1) is 11.4. The van der Waals surface area contributed by atoms with Crippen LogP contribution in [0.5, 0.6) is 0 Å². The van der Waals surface area contributed by atoms with Crippen molar-refractivity contribution in [2.75, 3.05) is 13.1 Å². The van der Waals surface area contributed by atoms with Gasteiger partial charge in [0.1, 0.15) is 6.04 Å². The summed E-state index contributed by atoms with van der Waals surface area (Å²) in [5.41, 5.74) is 5.95. The maximum absolute atomic E-state index is 12.1. The van der Waals surface area contributed by atoms with E-state index in [1.807, 2.05) is 0 Å². The van der Waals surface area contributed by atoms with Crippen molar-refractivity contribution in [3.05, 3.63) is 0 Å². The summed E-state index contributed by atoms with van der Waals surface area (Å²) in [6, 6.07) is -0.247. The zero-order valence-corrected chi connectivity index (χ0v) is 9.61. The van der Waals surface area contributed by atoms with Crippen LogP contribution in [0, 0.1) is 5.92 Å². The molecular weight excluding hydrogens is 206 g/mol. The summed E-state index contributed by atoms with van der Waals surface area (Å²) in [5.74, 6) is 0.489. The zero-order chi connectivity index (χ0) is 11.7. The molecule has 2 amide bonds. The molecule has 0 bridgehead atoms. The smallest absolute Gasteiger partial charge is 0.245 e. The van der Waals surface area contributed by atoms with Crippen LogP contribution in [0.15, 0.2) is 0 Å². The van der Waals surface area contributed by atoms with E-state index in [0.29, 0.717) is 25.3 Å². The highest BCUT2D eigenvalue weighted by Gasteiger charge is 2.33. The molecule has 5 nitrogen and oxygen atoms in total. The molecule has 2 aliphatic rings. The van der Waals surface area contributed by atoms with Gasteiger partial charge < -0.3 is 16.0 Å². The van der Waals surface area contributed by atoms with Gasteiger partial charge in [-0.05, 0) is 18.8 Å². The Morgan fingerprint density at radius 1 is 1.50 bits per heavy atom. The molecule has 0 spiro atoms. The van der Waals surface area contributed by atoms with Crippen molar-refractivity contribution < 1.29 is 9.59 Å². The third-order valence-electron chi connectivity index (χ3n) is 3.62. The molecule has 2 rings (SSSR count). The second-order valence-electron chi connectivity index (χ2n) is 4.87. The SMILES string of the molecule is CC1CCN(C(=O)[C@H]2CCC(=O)N2)CC1N. The largest absolute Gasteiger partial charge is 0.344 e. The van der Waals surface area contributed by atoms with Crippen molar-refractivity contribution in [1.29, 1.82) is 0 Å². The first-order valence-electron chi connectivity index (χ1n) is 5.91. The van der Waals surface area contributed by atoms with Gasteiger partial charge in [0.25, 0.3) is 0 Å². The number of nitrogens with zero attached hydrogens (tertiary/aromatic N) is 1. The van der Waals surface area contributed by atoms with E-state index in [2.05, 4.69) is 12.2 Å². The lowest BCUT2D eigenvalue weighted by atomic mass is 9.94. The predicted molar refractivity (Wildman–Crippen MR) is 59.5 cm³/mol. The normalized spacial score (nSPS) is 35.0. The lowest BCUT2D eigenvalue weighted by Crippen LogP contribution is -2.53. The van der Waals surface area contributed by atoms with E-state index in [9.17, 15) is 9.59 Å². The molecule has 3 atom stereocenters. The third kappa shape index (κ3) is 2.19. The molecule has 0 saturated carbocycles. The topological polar surface area (TPSA) is 75.4 Å². The number of nitrogens with two attached hydrogens (primary N) is 1. The number of carbonyl (C=O) groups excluding carboxylic acids is 2. The molecule has 0 aromatic rings. The van der Waals surface area contributed by atoms with Crippen LogP contribution in [0.4, 0.5) is 0 Å². The van der Waals surface area contributed by atoms with Gasteiger partial charge >= 0.3 is 0 Å². The Bertz CT molecular complexity index is 306. The lowest BCUT2D eigenvalue weighted by Gasteiger charge is -2.36. The maximum atomic E-state index is 12.1. The number of rotatable bonds is 1. The molecule has 2 saturated heterocycles. The summed E-state index contributed by atoms with van der Waals surface area (Å²) >= 11 is 0. The Balaban J connectivity index is 1.92. The van der Waals surface area contributed by atoms with Crippen molar-refractivity contribution in [3.63, 3.8) is 0 Å². The van der Waals surface area contributed by atoms with Crippen molar-refractivity contribution in [2.45, 2.75) is 38.3 Å². The number of amides is 2. The highest BCUT2D eigenvalue weighted by Crippen LogP contribution is 2.18. The number of hydrogen-bond acceptors (Lipinski definition) is 3. The van der Waals surface area contributed by atoms with E-state index >= 15 is 0 Å². The second-order valence-corrected chi connectivity index (χ2v) is 4.87. The molecule has 2 unspecified atom stereocenters. The number of piperidine rings is 1. The molecule has 16 heavy (non-hydrogen) atoms. The number of hydrogen-bond donors (Lipinski definition) is 2. The fourth-order valence-corrected chi connectivity index (χ4v) is 2.32. The van der Waals surface area contributed by atoms with Gasteiger partial charge in [0.15, 0.2) is 0 Å². The average Bonchev–Trinajstić information content (AvgIpc) is 2.68. The Morgan fingerprint density at radius 3 is 2.81 bits per heavy atom. The van der Waals surface area contributed by atoms with Crippen LogP contribution in [0.25, 0.3) is 0 Å². The van der Waals surface area contributed by atoms with Gasteiger partial charge in [0.2, 0.25) is 11.8 Å². The minimum absolute atomic E-state index is 0.0203. The number of nitrogens with one attached hydrogen (secondary N) is 1. The molecule has 0 aromatic carbocycles. The minimum atomic E-state index is -0.312. The Hall–Kier alpha value is -1.10. The molecule has 2 heterocycles. The van der Waals surface area contributed by atoms with Gasteiger partial charge in [-0.3, -0.25) is 9.59 Å². The fraction of sp³-hybridized carbons (Fsp3) is 0.818. The number of carbonyl (C=O) groups is 2. The monoisotopic (exact) mass is 225 g/mol. The minimum Gasteiger partial charge on any atom is -0.344 e. The van der Waals surface area contributed by atoms with Gasteiger partial charge in [-0.1, -0.05) is 6.92 Å². The van der Waals surface area contributed by atoms with Crippen LogP contribution < -0.4 is 11.1 Å². The molecular formula is C11H19N3O2. The first-order chi connectivity index (χ1) is 7.58. The first-order valence-corrected chi connectivity index (χ1v) is 5.91. The van der Waals surface area contributed by atoms with Crippen LogP contribution >= 0.6 is 0 Å². The molecule has 2 aliphatic heterocycles. The van der Waals surface area contributed by atoms with Gasteiger partial charge in [-0.15, -0.1) is 0 Å². The van der Waals surface area contributed by atoms with Gasteiger partial charge in [-0.2, -0.15) is 0 Å². The van der Waals surface area contributed by atoms with Crippen LogP contribution in [-0.4, -0.2) is 41.9 Å². The highest BCUT2D eigenvalue weighted by molar-refractivity contribution is 5.90. The quantitative estimate of drug-likeness (QED) is 0.629. The Labute approximate surface area is 95.3 Å². The average molecular weight is 225 g/mol. The van der Waals surface area contributed by atoms with Crippen LogP contribution in [0.1, 0.15) is 26.2 Å². The van der Waals surface area contributed by atoms with E-state index < -0.39 is 0 Å². The van der Waals surface area contributed by atoms with Crippen molar-refractivity contribution >= 4 is 11.8 Å². The van der Waals surface area contributed by atoms with Crippen molar-refractivity contribution in [1.82, 2.24) is 10.2 Å². The summed E-state index contributed by atoms with van der Waals surface area (Å²) in [6.07, 6.45) is 2.04. The van der Waals surface area contributed by atoms with E-state index in [4.69, 9.17) is 5.73 Å². The van der Waals surface area contributed by atoms with Crippen LogP contribution in [0.3, 0.4) is 0 Å². The second kappa shape index (κ2) is 4.41. The van der Waals surface area contributed by atoms with E-state index in [1.54, 1.807) is 4.90 Å². The summed E-state index contributed by atoms with van der Waals surface area (Å²) < 4.78 is 0. The van der Waals surface area contributed by atoms with Gasteiger partial charge in [0.05, 0.1) is 0 Å². The summed E-state index contributed by atoms with van der Waals surface area (Å²) in [5, 5.41) is 2.71. The third-order valence-corrected chi connectivity index (χ3v) is 3.62. The highest BCUT2D eigenvalue weighted by atomic mass is 16.2. The Morgan fingerprint density at radius 2 is 2.25 bits per heavy atom. The van der Waals surface area contributed by atoms with Crippen molar-refractivity contribution in [3.8, 4) is 0 Å². The van der Waals surface area contributed by atoms with E-state index in [-0.39, 0.29) is 23.9 Å². The Kier molecular flexibility index (Phi) is 3.14. The molecule has 0 aromatic heterocycles. The zero-order valence-electron chi connectivity index (χ0n) is 9.61. The predicted octanol–water partition coefficient (Wildman–Crippen LogP) is -0.539. The summed E-state index contributed by atoms with van der Waals surface area (Å²) in [4.78, 5) is 24.9. The van der Waals surface area contributed by atoms with Gasteiger partial charge in [0, 0.05) is 25.6 Å². The molecule has 0 radical (unpaired) electrons.